The highest BCUT2D eigenvalue weighted by Crippen LogP contribution is 2.18. The second-order valence-corrected chi connectivity index (χ2v) is 9.24. The van der Waals surface area contributed by atoms with Crippen molar-refractivity contribution in [3.05, 3.63) is 90.0 Å². The highest BCUT2D eigenvalue weighted by molar-refractivity contribution is 7.89. The molecule has 32 heavy (non-hydrogen) atoms. The third kappa shape index (κ3) is 6.67. The van der Waals surface area contributed by atoms with Gasteiger partial charge in [-0.25, -0.2) is 13.1 Å². The summed E-state index contributed by atoms with van der Waals surface area (Å²) >= 11 is 0. The molecular weight excluding hydrogens is 424 g/mol. The minimum Gasteiger partial charge on any atom is -0.491 e. The summed E-state index contributed by atoms with van der Waals surface area (Å²) in [5, 5.41) is 2.78. The van der Waals surface area contributed by atoms with E-state index in [0.29, 0.717) is 30.0 Å². The summed E-state index contributed by atoms with van der Waals surface area (Å²) in [5.74, 6) is 0.432. The van der Waals surface area contributed by atoms with E-state index in [2.05, 4.69) is 10.0 Å². The van der Waals surface area contributed by atoms with Gasteiger partial charge < -0.3 is 10.1 Å². The first-order valence-corrected chi connectivity index (χ1v) is 12.1. The Morgan fingerprint density at radius 3 is 2.22 bits per heavy atom. The van der Waals surface area contributed by atoms with E-state index < -0.39 is 10.0 Å². The number of ether oxygens (including phenoxy) is 1. The van der Waals surface area contributed by atoms with E-state index in [0.717, 1.165) is 12.0 Å². The Balaban J connectivity index is 1.55. The monoisotopic (exact) mass is 452 g/mol. The average molecular weight is 453 g/mol. The van der Waals surface area contributed by atoms with Crippen LogP contribution in [-0.2, 0) is 16.4 Å². The summed E-state index contributed by atoms with van der Waals surface area (Å²) in [4.78, 5) is 12.6. The van der Waals surface area contributed by atoms with Crippen molar-refractivity contribution < 1.29 is 17.9 Å². The molecule has 7 heteroatoms. The lowest BCUT2D eigenvalue weighted by Crippen LogP contribution is -2.26. The maximum Gasteiger partial charge on any atom is 0.255 e. The fourth-order valence-corrected chi connectivity index (χ4v) is 4.01. The quantitative estimate of drug-likeness (QED) is 0.469. The van der Waals surface area contributed by atoms with Gasteiger partial charge in [-0.2, -0.15) is 0 Å². The summed E-state index contributed by atoms with van der Waals surface area (Å²) in [5.41, 5.74) is 2.06. The van der Waals surface area contributed by atoms with Gasteiger partial charge in [0.1, 0.15) is 5.75 Å². The molecule has 3 aromatic carbocycles. The van der Waals surface area contributed by atoms with Crippen molar-refractivity contribution >= 4 is 21.6 Å². The molecular formula is C25H28N2O4S. The van der Waals surface area contributed by atoms with Crippen molar-refractivity contribution in [2.45, 2.75) is 37.7 Å². The molecule has 0 saturated carbocycles. The second kappa shape index (κ2) is 10.9. The third-order valence-corrected chi connectivity index (χ3v) is 6.48. The smallest absolute Gasteiger partial charge is 0.255 e. The molecule has 3 rings (SSSR count). The van der Waals surface area contributed by atoms with Gasteiger partial charge in [0.15, 0.2) is 0 Å². The molecule has 1 amide bonds. The van der Waals surface area contributed by atoms with Crippen LogP contribution in [-0.4, -0.2) is 27.0 Å². The molecule has 168 valence electrons. The van der Waals surface area contributed by atoms with Crippen molar-refractivity contribution in [1.29, 1.82) is 0 Å². The summed E-state index contributed by atoms with van der Waals surface area (Å²) in [6.07, 6.45) is 1.61. The lowest BCUT2D eigenvalue weighted by Gasteiger charge is -2.13. The fourth-order valence-electron chi connectivity index (χ4n) is 2.98. The maximum absolute atomic E-state index is 12.5. The van der Waals surface area contributed by atoms with Crippen LogP contribution < -0.4 is 14.8 Å². The van der Waals surface area contributed by atoms with Gasteiger partial charge in [0.25, 0.3) is 5.91 Å². The van der Waals surface area contributed by atoms with Crippen molar-refractivity contribution in [3.63, 3.8) is 0 Å². The van der Waals surface area contributed by atoms with Gasteiger partial charge in [-0.1, -0.05) is 37.3 Å². The summed E-state index contributed by atoms with van der Waals surface area (Å²) in [6.45, 7) is 4.34. The Bertz CT molecular complexity index is 1110. The minimum atomic E-state index is -3.62. The predicted molar refractivity (Wildman–Crippen MR) is 127 cm³/mol. The maximum atomic E-state index is 12.5. The van der Waals surface area contributed by atoms with Crippen LogP contribution in [0.1, 0.15) is 36.2 Å². The molecule has 0 aliphatic carbocycles. The molecule has 0 spiro atoms. The summed E-state index contributed by atoms with van der Waals surface area (Å²) < 4.78 is 33.3. The van der Waals surface area contributed by atoms with Crippen molar-refractivity contribution in [3.8, 4) is 5.75 Å². The number of hydrogen-bond donors (Lipinski definition) is 2. The van der Waals surface area contributed by atoms with Gasteiger partial charge >= 0.3 is 0 Å². The molecule has 0 bridgehead atoms. The van der Waals surface area contributed by atoms with Gasteiger partial charge in [-0.05, 0) is 73.9 Å². The van der Waals surface area contributed by atoms with Gasteiger partial charge in [-0.15, -0.1) is 0 Å². The standard InChI is InChI=1S/C25H28N2O4S/c1-3-19(2)31-23-13-9-21(10-14-23)25(28)27-22-11-15-24(16-12-22)32(29,30)26-18-17-20-7-5-4-6-8-20/h4-16,19,26H,3,17-18H2,1-2H3,(H,27,28). The number of carbonyl (C=O) groups is 1. The van der Waals surface area contributed by atoms with E-state index in [4.69, 9.17) is 4.74 Å². The van der Waals surface area contributed by atoms with Crippen LogP contribution in [0.15, 0.2) is 83.8 Å². The summed E-state index contributed by atoms with van der Waals surface area (Å²) in [7, 11) is -3.62. The molecule has 0 aromatic heterocycles. The lowest BCUT2D eigenvalue weighted by atomic mass is 10.2. The van der Waals surface area contributed by atoms with E-state index in [1.54, 1.807) is 36.4 Å². The average Bonchev–Trinajstić information content (AvgIpc) is 2.80. The topological polar surface area (TPSA) is 84.5 Å². The molecule has 1 unspecified atom stereocenters. The van der Waals surface area contributed by atoms with Crippen molar-refractivity contribution in [1.82, 2.24) is 4.72 Å². The summed E-state index contributed by atoms with van der Waals surface area (Å²) in [6, 6.07) is 22.7. The Hall–Kier alpha value is -3.16. The number of carbonyl (C=O) groups excluding carboxylic acids is 1. The second-order valence-electron chi connectivity index (χ2n) is 7.47. The fraction of sp³-hybridized carbons (Fsp3) is 0.240. The zero-order chi connectivity index (χ0) is 23.0. The Labute approximate surface area is 189 Å². The molecule has 0 saturated heterocycles. The molecule has 2 N–H and O–H groups in total. The first-order valence-electron chi connectivity index (χ1n) is 10.6. The van der Waals surface area contributed by atoms with Crippen LogP contribution in [0, 0.1) is 0 Å². The number of anilines is 1. The van der Waals surface area contributed by atoms with Gasteiger partial charge in [0, 0.05) is 17.8 Å². The molecule has 0 aliphatic heterocycles. The van der Waals surface area contributed by atoms with Gasteiger partial charge in [0.2, 0.25) is 10.0 Å². The number of rotatable bonds is 10. The molecule has 0 fully saturated rings. The van der Waals surface area contributed by atoms with Gasteiger partial charge in [-0.3, -0.25) is 4.79 Å². The Kier molecular flexibility index (Phi) is 8.03. The predicted octanol–water partition coefficient (Wildman–Crippen LogP) is 4.64. The van der Waals surface area contributed by atoms with E-state index in [-0.39, 0.29) is 16.9 Å². The number of nitrogens with one attached hydrogen (secondary N) is 2. The number of sulfonamides is 1. The van der Waals surface area contributed by atoms with Crippen LogP contribution in [0.25, 0.3) is 0 Å². The minimum absolute atomic E-state index is 0.109. The van der Waals surface area contributed by atoms with Crippen LogP contribution in [0.2, 0.25) is 0 Å². The van der Waals surface area contributed by atoms with E-state index in [9.17, 15) is 13.2 Å². The molecule has 0 aliphatic rings. The highest BCUT2D eigenvalue weighted by atomic mass is 32.2. The Morgan fingerprint density at radius 2 is 1.59 bits per heavy atom. The van der Waals surface area contributed by atoms with Crippen LogP contribution >= 0.6 is 0 Å². The van der Waals surface area contributed by atoms with Crippen LogP contribution in [0.3, 0.4) is 0 Å². The van der Waals surface area contributed by atoms with E-state index in [1.807, 2.05) is 44.2 Å². The third-order valence-electron chi connectivity index (χ3n) is 5.00. The zero-order valence-electron chi connectivity index (χ0n) is 18.2. The van der Waals surface area contributed by atoms with Crippen molar-refractivity contribution in [2.24, 2.45) is 0 Å². The first kappa shape index (κ1) is 23.5. The number of hydrogen-bond acceptors (Lipinski definition) is 4. The zero-order valence-corrected chi connectivity index (χ0v) is 19.1. The molecule has 6 nitrogen and oxygen atoms in total. The molecule has 3 aromatic rings. The molecule has 1 atom stereocenters. The molecule has 0 heterocycles. The van der Waals surface area contributed by atoms with Gasteiger partial charge in [0.05, 0.1) is 11.0 Å². The number of amides is 1. The SMILES string of the molecule is CCC(C)Oc1ccc(C(=O)Nc2ccc(S(=O)(=O)NCCc3ccccc3)cc2)cc1. The van der Waals surface area contributed by atoms with E-state index >= 15 is 0 Å². The Morgan fingerprint density at radius 1 is 0.938 bits per heavy atom. The highest BCUT2D eigenvalue weighted by Gasteiger charge is 2.14. The number of benzene rings is 3. The lowest BCUT2D eigenvalue weighted by molar-refractivity contribution is 0.102. The largest absolute Gasteiger partial charge is 0.491 e. The molecule has 0 radical (unpaired) electrons. The van der Waals surface area contributed by atoms with Crippen molar-refractivity contribution in [2.75, 3.05) is 11.9 Å². The van der Waals surface area contributed by atoms with Crippen LogP contribution in [0.5, 0.6) is 5.75 Å². The van der Waals surface area contributed by atoms with Crippen LogP contribution in [0.4, 0.5) is 5.69 Å². The first-order chi connectivity index (χ1) is 15.4. The normalized spacial score (nSPS) is 12.2. The van der Waals surface area contributed by atoms with E-state index in [1.165, 1.54) is 12.1 Å².